The lowest BCUT2D eigenvalue weighted by molar-refractivity contribution is 0.607. The van der Waals surface area contributed by atoms with Crippen molar-refractivity contribution in [2.24, 2.45) is 15.4 Å². The molecule has 0 aromatic heterocycles. The molecule has 0 fully saturated rings. The van der Waals surface area contributed by atoms with Crippen molar-refractivity contribution in [3.8, 4) is 0 Å². The minimum atomic E-state index is 0.156. The molecule has 0 spiro atoms. The van der Waals surface area contributed by atoms with Gasteiger partial charge < -0.3 is 0 Å². The second-order valence-corrected chi connectivity index (χ2v) is 4.00. The smallest absolute Gasteiger partial charge is 0.109 e. The van der Waals surface area contributed by atoms with E-state index in [4.69, 9.17) is 0 Å². The molecule has 0 unspecified atom stereocenters. The van der Waals surface area contributed by atoms with Crippen molar-refractivity contribution >= 4 is 12.6 Å². The zero-order chi connectivity index (χ0) is 8.91. The summed E-state index contributed by atoms with van der Waals surface area (Å²) in [5, 5.41) is 0. The summed E-state index contributed by atoms with van der Waals surface area (Å²) in [6, 6.07) is 0.340. The van der Waals surface area contributed by atoms with Crippen LogP contribution in [-0.2, 0) is 0 Å². The van der Waals surface area contributed by atoms with Gasteiger partial charge in [0.1, 0.15) is 6.34 Å². The monoisotopic (exact) mass is 154 g/mol. The summed E-state index contributed by atoms with van der Waals surface area (Å²) in [6.45, 7) is 10.4. The van der Waals surface area contributed by atoms with Crippen LogP contribution in [0.4, 0.5) is 0 Å². The summed E-state index contributed by atoms with van der Waals surface area (Å²) >= 11 is 0. The summed E-state index contributed by atoms with van der Waals surface area (Å²) in [5.74, 6) is 0. The fourth-order valence-electron chi connectivity index (χ4n) is 0.429. The maximum Gasteiger partial charge on any atom is 0.109 e. The van der Waals surface area contributed by atoms with E-state index in [0.29, 0.717) is 6.04 Å². The third-order valence-corrected chi connectivity index (χ3v) is 0.893. The molecule has 11 heavy (non-hydrogen) atoms. The van der Waals surface area contributed by atoms with Crippen molar-refractivity contribution < 1.29 is 0 Å². The Morgan fingerprint density at radius 3 is 2.09 bits per heavy atom. The first kappa shape index (κ1) is 10.3. The van der Waals surface area contributed by atoms with Crippen molar-refractivity contribution in [3.63, 3.8) is 0 Å². The first-order chi connectivity index (χ1) is 4.92. The second kappa shape index (κ2) is 4.27. The van der Waals surface area contributed by atoms with Gasteiger partial charge in [-0.15, -0.1) is 0 Å². The third-order valence-electron chi connectivity index (χ3n) is 0.893. The van der Waals surface area contributed by atoms with Crippen LogP contribution >= 0.6 is 0 Å². The molecule has 0 bridgehead atoms. The molecule has 0 aliphatic heterocycles. The number of rotatable bonds is 2. The van der Waals surface area contributed by atoms with Crippen LogP contribution in [0.3, 0.4) is 0 Å². The molecule has 2 heteroatoms. The van der Waals surface area contributed by atoms with E-state index >= 15 is 0 Å². The molecule has 0 aliphatic carbocycles. The summed E-state index contributed by atoms with van der Waals surface area (Å²) in [5.41, 5.74) is 0.156. The normalized spacial score (nSPS) is 14.0. The Balaban J connectivity index is 3.78. The van der Waals surface area contributed by atoms with Crippen molar-refractivity contribution in [2.45, 2.75) is 40.7 Å². The Kier molecular flexibility index (Phi) is 4.01. The van der Waals surface area contributed by atoms with Gasteiger partial charge in [-0.05, 0) is 19.3 Å². The molecule has 0 aromatic rings. The van der Waals surface area contributed by atoms with E-state index in [-0.39, 0.29) is 5.41 Å². The highest BCUT2D eigenvalue weighted by Crippen LogP contribution is 2.07. The van der Waals surface area contributed by atoms with Crippen LogP contribution in [-0.4, -0.2) is 18.6 Å². The van der Waals surface area contributed by atoms with Gasteiger partial charge >= 0.3 is 0 Å². The Morgan fingerprint density at radius 1 is 1.18 bits per heavy atom. The van der Waals surface area contributed by atoms with Crippen LogP contribution in [0.15, 0.2) is 9.98 Å². The van der Waals surface area contributed by atoms with Gasteiger partial charge in [0.05, 0.1) is 0 Å². The lowest BCUT2D eigenvalue weighted by atomic mass is 9.99. The molecule has 64 valence electrons. The molecule has 2 nitrogen and oxygen atoms in total. The fraction of sp³-hybridized carbons (Fsp3) is 0.778. The van der Waals surface area contributed by atoms with Gasteiger partial charge in [0.15, 0.2) is 0 Å². The standard InChI is InChI=1S/C9H18N2/c1-8(2)11-7-10-6-9(3,4)5/h6-8H,1-5H3. The molecule has 0 amide bonds. The van der Waals surface area contributed by atoms with E-state index in [2.05, 4.69) is 30.8 Å². The zero-order valence-electron chi connectivity index (χ0n) is 8.13. The van der Waals surface area contributed by atoms with Crippen molar-refractivity contribution in [2.75, 3.05) is 0 Å². The van der Waals surface area contributed by atoms with Gasteiger partial charge in [-0.25, -0.2) is 4.99 Å². The van der Waals surface area contributed by atoms with Crippen LogP contribution in [0, 0.1) is 5.41 Å². The third kappa shape index (κ3) is 9.34. The highest BCUT2D eigenvalue weighted by atomic mass is 14.9. The lowest BCUT2D eigenvalue weighted by Crippen LogP contribution is -2.05. The Hall–Kier alpha value is -0.660. The zero-order valence-corrected chi connectivity index (χ0v) is 8.13. The molecule has 0 atom stereocenters. The average Bonchev–Trinajstić information content (AvgIpc) is 1.78. The average molecular weight is 154 g/mol. The predicted molar refractivity (Wildman–Crippen MR) is 51.6 cm³/mol. The predicted octanol–water partition coefficient (Wildman–Crippen LogP) is 2.54. The molecule has 0 aliphatic rings. The minimum Gasteiger partial charge on any atom is -0.271 e. The van der Waals surface area contributed by atoms with Crippen LogP contribution < -0.4 is 0 Å². The quantitative estimate of drug-likeness (QED) is 0.431. The van der Waals surface area contributed by atoms with Crippen LogP contribution in [0.2, 0.25) is 0 Å². The fourth-order valence-corrected chi connectivity index (χ4v) is 0.429. The molecule has 0 saturated carbocycles. The Morgan fingerprint density at radius 2 is 1.73 bits per heavy atom. The molecular formula is C9H18N2. The molecule has 0 N–H and O–H groups in total. The first-order valence-corrected chi connectivity index (χ1v) is 3.98. The molecule has 0 rings (SSSR count). The van der Waals surface area contributed by atoms with E-state index in [9.17, 15) is 0 Å². The summed E-state index contributed by atoms with van der Waals surface area (Å²) in [4.78, 5) is 8.17. The lowest BCUT2D eigenvalue weighted by Gasteiger charge is -2.08. The SMILES string of the molecule is CC(C)N=CN=CC(C)(C)C. The highest BCUT2D eigenvalue weighted by Gasteiger charge is 2.03. The van der Waals surface area contributed by atoms with Crippen molar-refractivity contribution in [1.29, 1.82) is 0 Å². The van der Waals surface area contributed by atoms with Gasteiger partial charge in [-0.3, -0.25) is 4.99 Å². The van der Waals surface area contributed by atoms with Gasteiger partial charge in [-0.1, -0.05) is 20.8 Å². The summed E-state index contributed by atoms with van der Waals surface area (Å²) in [6.07, 6.45) is 3.52. The maximum absolute atomic E-state index is 4.10. The Bertz CT molecular complexity index is 149. The van der Waals surface area contributed by atoms with Gasteiger partial charge in [-0.2, -0.15) is 0 Å². The van der Waals surface area contributed by atoms with E-state index < -0.39 is 0 Å². The largest absolute Gasteiger partial charge is 0.271 e. The maximum atomic E-state index is 4.10. The number of aliphatic imine (C=N–C) groups is 2. The molecule has 0 heterocycles. The van der Waals surface area contributed by atoms with Crippen LogP contribution in [0.1, 0.15) is 34.6 Å². The second-order valence-electron chi connectivity index (χ2n) is 4.00. The summed E-state index contributed by atoms with van der Waals surface area (Å²) in [7, 11) is 0. The van der Waals surface area contributed by atoms with E-state index in [1.165, 1.54) is 0 Å². The number of hydrogen-bond acceptors (Lipinski definition) is 1. The van der Waals surface area contributed by atoms with Crippen molar-refractivity contribution in [3.05, 3.63) is 0 Å². The van der Waals surface area contributed by atoms with Gasteiger partial charge in [0, 0.05) is 12.3 Å². The molecule has 0 saturated heterocycles. The van der Waals surface area contributed by atoms with Gasteiger partial charge in [0.25, 0.3) is 0 Å². The van der Waals surface area contributed by atoms with E-state index in [0.717, 1.165) is 0 Å². The highest BCUT2D eigenvalue weighted by molar-refractivity contribution is 5.75. The number of nitrogens with zero attached hydrogens (tertiary/aromatic N) is 2. The van der Waals surface area contributed by atoms with Crippen LogP contribution in [0.25, 0.3) is 0 Å². The molecular weight excluding hydrogens is 136 g/mol. The first-order valence-electron chi connectivity index (χ1n) is 3.98. The molecule has 0 aromatic carbocycles. The topological polar surface area (TPSA) is 24.7 Å². The number of hydrogen-bond donors (Lipinski definition) is 0. The minimum absolute atomic E-state index is 0.156. The summed E-state index contributed by atoms with van der Waals surface area (Å²) < 4.78 is 0. The van der Waals surface area contributed by atoms with Gasteiger partial charge in [0.2, 0.25) is 0 Å². The van der Waals surface area contributed by atoms with E-state index in [1.54, 1.807) is 6.34 Å². The van der Waals surface area contributed by atoms with Crippen LogP contribution in [0.5, 0.6) is 0 Å². The Labute approximate surface area is 69.4 Å². The molecule has 0 radical (unpaired) electrons. The van der Waals surface area contributed by atoms with Crippen molar-refractivity contribution in [1.82, 2.24) is 0 Å². The van der Waals surface area contributed by atoms with E-state index in [1.807, 2.05) is 20.1 Å².